The van der Waals surface area contributed by atoms with E-state index in [0.717, 1.165) is 43.1 Å². The minimum absolute atomic E-state index is 0.699. The van der Waals surface area contributed by atoms with Crippen molar-refractivity contribution in [3.8, 4) is 27.6 Å². The molecule has 1 aliphatic rings. The van der Waals surface area contributed by atoms with E-state index in [2.05, 4.69) is 44.1 Å². The van der Waals surface area contributed by atoms with Crippen molar-refractivity contribution in [3.63, 3.8) is 0 Å². The zero-order chi connectivity index (χ0) is 20.3. The average molecular weight is 416 g/mol. The van der Waals surface area contributed by atoms with Gasteiger partial charge in [0.1, 0.15) is 12.1 Å². The summed E-state index contributed by atoms with van der Waals surface area (Å²) in [5.74, 6) is 1.58. The van der Waals surface area contributed by atoms with Gasteiger partial charge in [0.2, 0.25) is 0 Å². The van der Waals surface area contributed by atoms with Gasteiger partial charge in [0, 0.05) is 60.0 Å². The number of thiophene rings is 1. The first-order valence-corrected chi connectivity index (χ1v) is 10.7. The van der Waals surface area contributed by atoms with Crippen molar-refractivity contribution in [3.05, 3.63) is 77.5 Å². The maximum atomic E-state index is 5.25. The minimum Gasteiger partial charge on any atom is -0.497 e. The fourth-order valence-electron chi connectivity index (χ4n) is 3.66. The van der Waals surface area contributed by atoms with E-state index in [-0.39, 0.29) is 0 Å². The second kappa shape index (κ2) is 8.30. The first-order valence-electron chi connectivity index (χ1n) is 9.84. The van der Waals surface area contributed by atoms with Crippen LogP contribution in [0.15, 0.2) is 61.3 Å². The molecule has 4 heterocycles. The molecule has 30 heavy (non-hydrogen) atoms. The van der Waals surface area contributed by atoms with Crippen LogP contribution >= 0.6 is 11.3 Å². The Labute approximate surface area is 179 Å². The first kappa shape index (κ1) is 18.8. The highest BCUT2D eigenvalue weighted by atomic mass is 32.1. The molecule has 0 atom stereocenters. The van der Waals surface area contributed by atoms with Gasteiger partial charge in [-0.05, 0) is 42.0 Å². The molecule has 3 aromatic heterocycles. The predicted octanol–water partition coefficient (Wildman–Crippen LogP) is 4.23. The zero-order valence-corrected chi connectivity index (χ0v) is 17.5. The van der Waals surface area contributed by atoms with Crippen LogP contribution in [-0.4, -0.2) is 38.5 Å². The number of fused-ring (bicyclic) bond motifs is 1. The zero-order valence-electron chi connectivity index (χ0n) is 16.7. The molecular formula is C23H21N5OS. The molecule has 6 nitrogen and oxygen atoms in total. The van der Waals surface area contributed by atoms with Gasteiger partial charge in [-0.3, -0.25) is 4.90 Å². The minimum atomic E-state index is 0.699. The van der Waals surface area contributed by atoms with Crippen LogP contribution in [0, 0.1) is 0 Å². The summed E-state index contributed by atoms with van der Waals surface area (Å²) >= 11 is 1.85. The number of nitrogens with zero attached hydrogens (tertiary/aromatic N) is 5. The Morgan fingerprint density at radius 1 is 1.00 bits per heavy atom. The summed E-state index contributed by atoms with van der Waals surface area (Å²) < 4.78 is 5.25. The van der Waals surface area contributed by atoms with E-state index >= 15 is 0 Å². The highest BCUT2D eigenvalue weighted by molar-refractivity contribution is 7.15. The van der Waals surface area contributed by atoms with Crippen molar-refractivity contribution >= 4 is 11.3 Å². The molecule has 7 heteroatoms. The lowest BCUT2D eigenvalue weighted by molar-refractivity contribution is 0.245. The van der Waals surface area contributed by atoms with E-state index in [1.807, 2.05) is 29.7 Å². The van der Waals surface area contributed by atoms with Crippen molar-refractivity contribution in [2.24, 2.45) is 0 Å². The van der Waals surface area contributed by atoms with Crippen molar-refractivity contribution in [1.82, 2.24) is 24.8 Å². The van der Waals surface area contributed by atoms with Gasteiger partial charge in [-0.15, -0.1) is 11.3 Å². The second-order valence-corrected chi connectivity index (χ2v) is 8.42. The summed E-state index contributed by atoms with van der Waals surface area (Å²) in [4.78, 5) is 22.5. The normalized spacial score (nSPS) is 13.8. The van der Waals surface area contributed by atoms with Gasteiger partial charge >= 0.3 is 0 Å². The molecule has 150 valence electrons. The van der Waals surface area contributed by atoms with Crippen LogP contribution in [0.2, 0.25) is 0 Å². The molecule has 0 radical (unpaired) electrons. The molecule has 1 aromatic carbocycles. The Morgan fingerprint density at radius 2 is 1.83 bits per heavy atom. The van der Waals surface area contributed by atoms with E-state index in [1.54, 1.807) is 19.5 Å². The molecule has 0 fully saturated rings. The van der Waals surface area contributed by atoms with Crippen LogP contribution in [0.25, 0.3) is 21.8 Å². The second-order valence-electron chi connectivity index (χ2n) is 7.25. The molecule has 0 aliphatic carbocycles. The summed E-state index contributed by atoms with van der Waals surface area (Å²) in [6.07, 6.45) is 7.90. The Kier molecular flexibility index (Phi) is 5.21. The molecule has 0 amide bonds. The molecule has 0 saturated heterocycles. The largest absolute Gasteiger partial charge is 0.497 e. The van der Waals surface area contributed by atoms with Crippen LogP contribution in [-0.2, 0) is 19.5 Å². The summed E-state index contributed by atoms with van der Waals surface area (Å²) in [5.41, 5.74) is 4.41. The summed E-state index contributed by atoms with van der Waals surface area (Å²) in [5, 5.41) is 0. The van der Waals surface area contributed by atoms with E-state index in [4.69, 9.17) is 9.72 Å². The van der Waals surface area contributed by atoms with Crippen LogP contribution in [0.1, 0.15) is 16.1 Å². The number of methoxy groups -OCH3 is 1. The third-order valence-corrected chi connectivity index (χ3v) is 6.37. The van der Waals surface area contributed by atoms with Crippen LogP contribution in [0.3, 0.4) is 0 Å². The van der Waals surface area contributed by atoms with Gasteiger partial charge in [-0.1, -0.05) is 0 Å². The molecule has 0 N–H and O–H groups in total. The van der Waals surface area contributed by atoms with Gasteiger partial charge in [0.15, 0.2) is 5.82 Å². The number of aromatic nitrogens is 4. The van der Waals surface area contributed by atoms with Gasteiger partial charge in [-0.25, -0.2) is 19.9 Å². The maximum absolute atomic E-state index is 5.25. The van der Waals surface area contributed by atoms with Crippen molar-refractivity contribution in [2.75, 3.05) is 13.7 Å². The lowest BCUT2D eigenvalue weighted by Gasteiger charge is -2.27. The van der Waals surface area contributed by atoms with Crippen molar-refractivity contribution < 1.29 is 4.74 Å². The van der Waals surface area contributed by atoms with Crippen LogP contribution < -0.4 is 4.74 Å². The lowest BCUT2D eigenvalue weighted by atomic mass is 10.1. The Morgan fingerprint density at radius 3 is 2.63 bits per heavy atom. The molecule has 0 bridgehead atoms. The Hall–Kier alpha value is -3.16. The van der Waals surface area contributed by atoms with Crippen LogP contribution in [0.4, 0.5) is 0 Å². The standard InChI is InChI=1S/C23H21N5OS/c1-29-19-4-2-16(3-5-19)22-7-6-20(30-22)14-28-9-8-21-18(13-28)12-26-23(27-21)17-10-24-15-25-11-17/h2-7,10-12,15H,8-9,13-14H2,1H3. The molecule has 1 aliphatic heterocycles. The van der Waals surface area contributed by atoms with Gasteiger partial charge in [0.05, 0.1) is 18.4 Å². The highest BCUT2D eigenvalue weighted by Crippen LogP contribution is 2.31. The smallest absolute Gasteiger partial charge is 0.162 e. The topological polar surface area (TPSA) is 64.0 Å². The number of ether oxygens (including phenoxy) is 1. The Balaban J connectivity index is 1.27. The lowest BCUT2D eigenvalue weighted by Crippen LogP contribution is -2.30. The average Bonchev–Trinajstić information content (AvgIpc) is 3.28. The first-order chi connectivity index (χ1) is 14.8. The summed E-state index contributed by atoms with van der Waals surface area (Å²) in [7, 11) is 1.69. The van der Waals surface area contributed by atoms with E-state index in [1.165, 1.54) is 27.2 Å². The van der Waals surface area contributed by atoms with E-state index < -0.39 is 0 Å². The van der Waals surface area contributed by atoms with Crippen molar-refractivity contribution in [1.29, 1.82) is 0 Å². The fraction of sp³-hybridized carbons (Fsp3) is 0.217. The van der Waals surface area contributed by atoms with Crippen molar-refractivity contribution in [2.45, 2.75) is 19.5 Å². The molecule has 0 unspecified atom stereocenters. The van der Waals surface area contributed by atoms with Gasteiger partial charge < -0.3 is 4.74 Å². The monoisotopic (exact) mass is 415 g/mol. The summed E-state index contributed by atoms with van der Waals surface area (Å²) in [6.45, 7) is 2.80. The SMILES string of the molecule is COc1ccc(-c2ccc(CN3CCc4nc(-c5cncnc5)ncc4C3)s2)cc1. The maximum Gasteiger partial charge on any atom is 0.162 e. The molecule has 0 saturated carbocycles. The third-order valence-electron chi connectivity index (χ3n) is 5.25. The number of rotatable bonds is 5. The van der Waals surface area contributed by atoms with E-state index in [9.17, 15) is 0 Å². The van der Waals surface area contributed by atoms with Crippen LogP contribution in [0.5, 0.6) is 5.75 Å². The number of hydrogen-bond donors (Lipinski definition) is 0. The number of hydrogen-bond acceptors (Lipinski definition) is 7. The van der Waals surface area contributed by atoms with E-state index in [0.29, 0.717) is 5.82 Å². The molecule has 0 spiro atoms. The van der Waals surface area contributed by atoms with Gasteiger partial charge in [-0.2, -0.15) is 0 Å². The number of benzene rings is 1. The molecule has 4 aromatic rings. The fourth-order valence-corrected chi connectivity index (χ4v) is 4.71. The summed E-state index contributed by atoms with van der Waals surface area (Å²) in [6, 6.07) is 12.7. The molecule has 5 rings (SSSR count). The highest BCUT2D eigenvalue weighted by Gasteiger charge is 2.19. The third kappa shape index (κ3) is 3.94. The predicted molar refractivity (Wildman–Crippen MR) is 117 cm³/mol. The quantitative estimate of drug-likeness (QED) is 0.486. The Bertz CT molecular complexity index is 1140. The molecular weight excluding hydrogens is 394 g/mol. The van der Waals surface area contributed by atoms with Gasteiger partial charge in [0.25, 0.3) is 0 Å².